The van der Waals surface area contributed by atoms with Gasteiger partial charge in [-0.1, -0.05) is 0 Å². The molecule has 1 saturated heterocycles. The summed E-state index contributed by atoms with van der Waals surface area (Å²) in [6, 6.07) is 2.52. The van der Waals surface area contributed by atoms with Gasteiger partial charge in [0.1, 0.15) is 23.6 Å². The highest BCUT2D eigenvalue weighted by molar-refractivity contribution is 5.73. The average molecular weight is 330 g/mol. The van der Waals surface area contributed by atoms with Crippen molar-refractivity contribution in [3.05, 3.63) is 27.9 Å². The first kappa shape index (κ1) is 16.5. The van der Waals surface area contributed by atoms with Gasteiger partial charge in [-0.3, -0.25) is 14.9 Å². The van der Waals surface area contributed by atoms with Crippen molar-refractivity contribution in [1.29, 1.82) is 5.26 Å². The monoisotopic (exact) mass is 330 g/mol. The lowest BCUT2D eigenvalue weighted by Crippen LogP contribution is -2.33. The third kappa shape index (κ3) is 3.15. The summed E-state index contributed by atoms with van der Waals surface area (Å²) < 4.78 is 38.8. The number of carboxylic acids is 1. The Bertz CT molecular complexity index is 701. The number of hydrogen-bond donors (Lipinski definition) is 1. The zero-order chi connectivity index (χ0) is 17.4. The van der Waals surface area contributed by atoms with E-state index in [0.29, 0.717) is 0 Å². The number of alkyl halides is 3. The molecule has 1 aliphatic rings. The summed E-state index contributed by atoms with van der Waals surface area (Å²) in [5, 5.41) is 28.6. The second-order valence-electron chi connectivity index (χ2n) is 4.93. The van der Waals surface area contributed by atoms with Crippen LogP contribution in [0.1, 0.15) is 5.56 Å². The van der Waals surface area contributed by atoms with E-state index in [1.54, 1.807) is 6.07 Å². The van der Waals surface area contributed by atoms with Crippen molar-refractivity contribution >= 4 is 17.5 Å². The fourth-order valence-corrected chi connectivity index (χ4v) is 2.44. The number of nitrogens with zero attached hydrogens (tertiary/aromatic N) is 4. The predicted molar refractivity (Wildman–Crippen MR) is 68.5 cm³/mol. The summed E-state index contributed by atoms with van der Waals surface area (Å²) in [5.41, 5.74) is -0.766. The topological polar surface area (TPSA) is 120 Å². The van der Waals surface area contributed by atoms with E-state index in [1.165, 1.54) is 0 Å². The second-order valence-corrected chi connectivity index (χ2v) is 4.93. The van der Waals surface area contributed by atoms with Gasteiger partial charge in [-0.05, 0) is 0 Å². The molecule has 8 nitrogen and oxygen atoms in total. The quantitative estimate of drug-likeness (QED) is 0.659. The number of nitriles is 1. The van der Waals surface area contributed by atoms with Crippen molar-refractivity contribution in [2.45, 2.75) is 6.18 Å². The predicted octanol–water partition coefficient (Wildman–Crippen LogP) is 1.56. The van der Waals surface area contributed by atoms with Gasteiger partial charge in [-0.2, -0.15) is 18.4 Å². The Kier molecular flexibility index (Phi) is 4.09. The van der Waals surface area contributed by atoms with E-state index in [2.05, 4.69) is 4.98 Å². The summed E-state index contributed by atoms with van der Waals surface area (Å²) >= 11 is 0. The second kappa shape index (κ2) is 5.71. The van der Waals surface area contributed by atoms with Crippen LogP contribution in [0.5, 0.6) is 0 Å². The smallest absolute Gasteiger partial charge is 0.394 e. The van der Waals surface area contributed by atoms with Crippen LogP contribution in [-0.2, 0) is 4.79 Å². The molecule has 1 aliphatic heterocycles. The largest absolute Gasteiger partial charge is 0.481 e. The van der Waals surface area contributed by atoms with Crippen molar-refractivity contribution in [3.63, 3.8) is 0 Å². The molecule has 0 aliphatic carbocycles. The van der Waals surface area contributed by atoms with E-state index >= 15 is 0 Å². The first-order valence-corrected chi connectivity index (χ1v) is 6.24. The normalized spacial score (nSPS) is 21.0. The molecule has 23 heavy (non-hydrogen) atoms. The lowest BCUT2D eigenvalue weighted by Gasteiger charge is -2.19. The number of anilines is 1. The van der Waals surface area contributed by atoms with Gasteiger partial charge in [0.15, 0.2) is 0 Å². The van der Waals surface area contributed by atoms with E-state index in [4.69, 9.17) is 10.4 Å². The number of nitro groups is 1. The van der Waals surface area contributed by atoms with Gasteiger partial charge in [0.25, 0.3) is 5.69 Å². The third-order valence-electron chi connectivity index (χ3n) is 3.54. The molecule has 2 heterocycles. The van der Waals surface area contributed by atoms with Crippen molar-refractivity contribution < 1.29 is 28.0 Å². The zero-order valence-electron chi connectivity index (χ0n) is 11.3. The lowest BCUT2D eigenvalue weighted by atomic mass is 9.96. The molecule has 2 rings (SSSR count). The van der Waals surface area contributed by atoms with Crippen LogP contribution in [0.4, 0.5) is 24.7 Å². The van der Waals surface area contributed by atoms with E-state index in [0.717, 1.165) is 17.2 Å². The molecule has 1 N–H and O–H groups in total. The zero-order valence-corrected chi connectivity index (χ0v) is 11.3. The maximum atomic E-state index is 12.9. The van der Waals surface area contributed by atoms with Crippen LogP contribution in [0, 0.1) is 33.3 Å². The molecule has 0 amide bonds. The summed E-state index contributed by atoms with van der Waals surface area (Å²) in [4.78, 5) is 25.6. The molecular weight excluding hydrogens is 321 g/mol. The number of aromatic nitrogens is 1. The van der Waals surface area contributed by atoms with Crippen molar-refractivity contribution in [2.24, 2.45) is 11.8 Å². The van der Waals surface area contributed by atoms with Gasteiger partial charge in [0, 0.05) is 19.2 Å². The summed E-state index contributed by atoms with van der Waals surface area (Å²) in [5.74, 6) is -5.60. The first-order chi connectivity index (χ1) is 10.6. The number of pyridine rings is 1. The molecule has 122 valence electrons. The van der Waals surface area contributed by atoms with E-state index in [9.17, 15) is 28.1 Å². The van der Waals surface area contributed by atoms with Gasteiger partial charge in [0.2, 0.25) is 0 Å². The molecule has 0 unspecified atom stereocenters. The Morgan fingerprint density at radius 1 is 1.52 bits per heavy atom. The highest BCUT2D eigenvalue weighted by atomic mass is 19.4. The maximum Gasteiger partial charge on any atom is 0.394 e. The van der Waals surface area contributed by atoms with Crippen LogP contribution >= 0.6 is 0 Å². The highest BCUT2D eigenvalue weighted by Crippen LogP contribution is 2.39. The van der Waals surface area contributed by atoms with Gasteiger partial charge in [0.05, 0.1) is 16.8 Å². The van der Waals surface area contributed by atoms with Crippen LogP contribution in [-0.4, -0.2) is 40.2 Å². The summed E-state index contributed by atoms with van der Waals surface area (Å²) in [6.07, 6.45) is -3.90. The molecular formula is C12H9F3N4O4. The minimum Gasteiger partial charge on any atom is -0.481 e. The Labute approximate surface area is 126 Å². The molecule has 0 aromatic carbocycles. The lowest BCUT2D eigenvalue weighted by molar-refractivity contribution is -0.385. The Hall–Kier alpha value is -2.90. The van der Waals surface area contributed by atoms with Crippen LogP contribution in [0.2, 0.25) is 0 Å². The van der Waals surface area contributed by atoms with E-state index < -0.39 is 47.7 Å². The fraction of sp³-hybridized carbons (Fsp3) is 0.417. The SMILES string of the molecule is N#Cc1cc([N+](=O)[O-])cnc1N1C[C@@H](C(F)(F)F)[C@H](C(=O)O)C1. The standard InChI is InChI=1S/C12H9F3N4O4/c13-12(14,15)9-5-18(4-8(9)11(20)21)10-6(2-16)1-7(3-17-10)19(22)23/h1,3,8-9H,4-5H2,(H,20,21)/t8-,9-/m1/s1. The molecule has 1 aromatic heterocycles. The fourth-order valence-electron chi connectivity index (χ4n) is 2.44. The molecule has 1 aromatic rings. The van der Waals surface area contributed by atoms with Crippen molar-refractivity contribution in [2.75, 3.05) is 18.0 Å². The number of carbonyl (C=O) groups is 1. The Balaban J connectivity index is 2.39. The third-order valence-corrected chi connectivity index (χ3v) is 3.54. The summed E-state index contributed by atoms with van der Waals surface area (Å²) in [6.45, 7) is -1.17. The van der Waals surface area contributed by atoms with E-state index in [1.807, 2.05) is 0 Å². The van der Waals surface area contributed by atoms with E-state index in [-0.39, 0.29) is 11.4 Å². The van der Waals surface area contributed by atoms with Crippen molar-refractivity contribution in [3.8, 4) is 6.07 Å². The number of hydrogen-bond acceptors (Lipinski definition) is 6. The van der Waals surface area contributed by atoms with Crippen LogP contribution < -0.4 is 4.90 Å². The molecule has 0 saturated carbocycles. The number of halogens is 3. The van der Waals surface area contributed by atoms with Gasteiger partial charge < -0.3 is 10.0 Å². The van der Waals surface area contributed by atoms with Crippen LogP contribution in [0.25, 0.3) is 0 Å². The molecule has 1 fully saturated rings. The van der Waals surface area contributed by atoms with Gasteiger partial charge in [-0.15, -0.1) is 0 Å². The minimum absolute atomic E-state index is 0.198. The van der Waals surface area contributed by atoms with Crippen LogP contribution in [0.15, 0.2) is 12.3 Å². The number of aliphatic carboxylic acids is 1. The Morgan fingerprint density at radius 3 is 2.61 bits per heavy atom. The Morgan fingerprint density at radius 2 is 2.17 bits per heavy atom. The highest BCUT2D eigenvalue weighted by Gasteiger charge is 2.53. The summed E-state index contributed by atoms with van der Waals surface area (Å²) in [7, 11) is 0. The van der Waals surface area contributed by atoms with Crippen molar-refractivity contribution in [1.82, 2.24) is 4.98 Å². The average Bonchev–Trinajstić information content (AvgIpc) is 2.91. The minimum atomic E-state index is -4.72. The van der Waals surface area contributed by atoms with Gasteiger partial charge in [-0.25, -0.2) is 4.98 Å². The molecule has 2 atom stereocenters. The van der Waals surface area contributed by atoms with Gasteiger partial charge >= 0.3 is 12.1 Å². The molecule has 0 bridgehead atoms. The first-order valence-electron chi connectivity index (χ1n) is 6.24. The molecule has 0 spiro atoms. The van der Waals surface area contributed by atoms with Crippen LogP contribution in [0.3, 0.4) is 0 Å². The molecule has 11 heteroatoms. The number of rotatable bonds is 3. The number of carboxylic acid groups (broad SMARTS) is 1. The maximum absolute atomic E-state index is 12.9. The molecule has 0 radical (unpaired) electrons.